The first-order valence-corrected chi connectivity index (χ1v) is 12.7. The number of aliphatic hydroxyl groups excluding tert-OH is 1. The molecule has 0 saturated carbocycles. The third kappa shape index (κ3) is 5.42. The molecule has 0 aliphatic heterocycles. The highest BCUT2D eigenvalue weighted by Crippen LogP contribution is 2.51. The van der Waals surface area contributed by atoms with E-state index in [1.54, 1.807) is 0 Å². The average molecular weight is 539 g/mol. The second-order valence-corrected chi connectivity index (χ2v) is 10.1. The van der Waals surface area contributed by atoms with Crippen LogP contribution in [0, 0.1) is 0 Å². The molecule has 37 heavy (non-hydrogen) atoms. The number of rotatable bonds is 11. The van der Waals surface area contributed by atoms with Gasteiger partial charge in [0.05, 0.1) is 17.7 Å². The molecule has 11 heteroatoms. The molecule has 2 atom stereocenters. The molecule has 0 saturated heterocycles. The highest BCUT2D eigenvalue weighted by Gasteiger charge is 2.58. The van der Waals surface area contributed by atoms with Crippen LogP contribution in [0.3, 0.4) is 0 Å². The van der Waals surface area contributed by atoms with E-state index in [-0.39, 0.29) is 0 Å². The molecule has 0 heterocycles. The third-order valence-corrected chi connectivity index (χ3v) is 7.53. The number of benzene rings is 3. The van der Waals surface area contributed by atoms with E-state index in [9.17, 15) is 26.7 Å². The monoisotopic (exact) mass is 538 g/mol. The maximum atomic E-state index is 12.9. The maximum absolute atomic E-state index is 12.9. The van der Waals surface area contributed by atoms with E-state index in [1.807, 2.05) is 91.0 Å². The number of methoxy groups -OCH3 is 2. The zero-order valence-electron chi connectivity index (χ0n) is 20.2. The summed E-state index contributed by atoms with van der Waals surface area (Å²) in [4.78, 5) is 0. The van der Waals surface area contributed by atoms with Crippen molar-refractivity contribution in [3.05, 3.63) is 108 Å². The summed E-state index contributed by atoms with van der Waals surface area (Å²) >= 11 is 0. The van der Waals surface area contributed by atoms with Crippen molar-refractivity contribution in [1.82, 2.24) is 4.72 Å². The molecule has 0 fully saturated rings. The van der Waals surface area contributed by atoms with Crippen molar-refractivity contribution in [2.45, 2.75) is 35.4 Å². The van der Waals surface area contributed by atoms with Gasteiger partial charge in [-0.3, -0.25) is 0 Å². The largest absolute Gasteiger partial charge is 0.511 e. The summed E-state index contributed by atoms with van der Waals surface area (Å²) in [6.45, 7) is 0. The molecule has 3 aromatic rings. The van der Waals surface area contributed by atoms with Crippen molar-refractivity contribution in [3.8, 4) is 0 Å². The number of hydrogen-bond donors (Lipinski definition) is 3. The lowest BCUT2D eigenvalue weighted by Gasteiger charge is -2.50. The Balaban J connectivity index is 2.25. The number of aliphatic hydroxyl groups is 1. The van der Waals surface area contributed by atoms with Gasteiger partial charge >= 0.3 is 15.5 Å². The Bertz CT molecular complexity index is 1140. The van der Waals surface area contributed by atoms with Crippen LogP contribution in [-0.4, -0.2) is 51.3 Å². The van der Waals surface area contributed by atoms with Crippen LogP contribution in [0.1, 0.15) is 23.1 Å². The van der Waals surface area contributed by atoms with Crippen molar-refractivity contribution < 1.29 is 36.2 Å². The van der Waals surface area contributed by atoms with Gasteiger partial charge in [-0.2, -0.15) is 17.9 Å². The van der Waals surface area contributed by atoms with E-state index in [2.05, 4.69) is 0 Å². The standard InChI is InChI=1S/C26H29F3N2O5S/c1-35-24(36-2,18-22(32)23(30)31-37(33,34)26(27,28)29)25(19-12-6-3-7-13-19,20-14-8-4-9-15-20)21-16-10-5-11-17-21/h3-17,22-23,31-32H,18,30H2,1-2H3. The highest BCUT2D eigenvalue weighted by atomic mass is 32.2. The minimum Gasteiger partial charge on any atom is -0.390 e. The number of nitrogens with one attached hydrogen (secondary N) is 1. The first kappa shape index (κ1) is 28.8. The SMILES string of the molecule is COC(CC(O)C(N)NS(=O)(=O)C(F)(F)F)(OC)C(c1ccccc1)(c1ccccc1)c1ccccc1. The lowest BCUT2D eigenvalue weighted by atomic mass is 9.62. The van der Waals surface area contributed by atoms with Gasteiger partial charge in [0.15, 0.2) is 5.79 Å². The van der Waals surface area contributed by atoms with E-state index in [0.717, 1.165) is 0 Å². The van der Waals surface area contributed by atoms with Crippen LogP contribution < -0.4 is 10.5 Å². The lowest BCUT2D eigenvalue weighted by Crippen LogP contribution is -2.61. The summed E-state index contributed by atoms with van der Waals surface area (Å²) < 4.78 is 75.4. The van der Waals surface area contributed by atoms with Gasteiger partial charge in [0.2, 0.25) is 0 Å². The quantitative estimate of drug-likeness (QED) is 0.255. The summed E-state index contributed by atoms with van der Waals surface area (Å²) in [5.74, 6) is -1.78. The van der Waals surface area contributed by atoms with Crippen molar-refractivity contribution in [1.29, 1.82) is 0 Å². The fourth-order valence-electron chi connectivity index (χ4n) is 4.66. The molecule has 0 spiro atoms. The molecule has 0 aromatic heterocycles. The molecule has 0 aliphatic rings. The van der Waals surface area contributed by atoms with Crippen LogP contribution in [0.15, 0.2) is 91.0 Å². The van der Waals surface area contributed by atoms with Crippen LogP contribution in [0.2, 0.25) is 0 Å². The second kappa shape index (κ2) is 11.3. The predicted octanol–water partition coefficient (Wildman–Crippen LogP) is 3.49. The van der Waals surface area contributed by atoms with Gasteiger partial charge < -0.3 is 20.3 Å². The van der Waals surface area contributed by atoms with Gasteiger partial charge in [-0.15, -0.1) is 0 Å². The Morgan fingerprint density at radius 2 is 1.16 bits per heavy atom. The van der Waals surface area contributed by atoms with Gasteiger partial charge in [0.1, 0.15) is 0 Å². The topological polar surface area (TPSA) is 111 Å². The molecule has 0 amide bonds. The molecule has 0 bridgehead atoms. The van der Waals surface area contributed by atoms with Crippen LogP contribution in [0.5, 0.6) is 0 Å². The molecule has 3 rings (SSSR count). The summed E-state index contributed by atoms with van der Waals surface area (Å²) in [6.07, 6.45) is -4.39. The van der Waals surface area contributed by atoms with E-state index < -0.39 is 45.4 Å². The molecule has 0 radical (unpaired) electrons. The van der Waals surface area contributed by atoms with Crippen LogP contribution in [-0.2, 0) is 24.9 Å². The predicted molar refractivity (Wildman–Crippen MR) is 133 cm³/mol. The van der Waals surface area contributed by atoms with Crippen LogP contribution in [0.4, 0.5) is 13.2 Å². The van der Waals surface area contributed by atoms with Gasteiger partial charge in [-0.25, -0.2) is 8.42 Å². The molecular weight excluding hydrogens is 509 g/mol. The number of hydrogen-bond acceptors (Lipinski definition) is 6. The Morgan fingerprint density at radius 1 is 0.811 bits per heavy atom. The van der Waals surface area contributed by atoms with Crippen molar-refractivity contribution in [2.24, 2.45) is 5.73 Å². The van der Waals surface area contributed by atoms with E-state index in [1.165, 1.54) is 18.9 Å². The highest BCUT2D eigenvalue weighted by molar-refractivity contribution is 7.90. The van der Waals surface area contributed by atoms with Crippen molar-refractivity contribution >= 4 is 10.0 Å². The van der Waals surface area contributed by atoms with E-state index in [0.29, 0.717) is 16.7 Å². The number of ether oxygens (including phenoxy) is 2. The van der Waals surface area contributed by atoms with Gasteiger partial charge in [0, 0.05) is 20.6 Å². The number of sulfonamides is 1. The number of alkyl halides is 3. The molecular formula is C26H29F3N2O5S. The molecule has 3 aromatic carbocycles. The van der Waals surface area contributed by atoms with E-state index in [4.69, 9.17) is 15.2 Å². The third-order valence-electron chi connectivity index (χ3n) is 6.34. The molecule has 200 valence electrons. The Kier molecular flexibility index (Phi) is 8.78. The molecule has 4 N–H and O–H groups in total. The average Bonchev–Trinajstić information content (AvgIpc) is 2.89. The minimum atomic E-state index is -5.82. The summed E-state index contributed by atoms with van der Waals surface area (Å²) in [6, 6.07) is 27.4. The second-order valence-electron chi connectivity index (χ2n) is 8.37. The van der Waals surface area contributed by atoms with Gasteiger partial charge in [0.25, 0.3) is 0 Å². The fourth-order valence-corrected chi connectivity index (χ4v) is 5.31. The zero-order chi connectivity index (χ0) is 27.3. The van der Waals surface area contributed by atoms with Crippen molar-refractivity contribution in [3.63, 3.8) is 0 Å². The first-order chi connectivity index (χ1) is 17.4. The van der Waals surface area contributed by atoms with Crippen LogP contribution >= 0.6 is 0 Å². The van der Waals surface area contributed by atoms with Gasteiger partial charge in [-0.1, -0.05) is 91.0 Å². The Hall–Kier alpha value is -2.80. The zero-order valence-corrected chi connectivity index (χ0v) is 21.0. The fraction of sp³-hybridized carbons (Fsp3) is 0.308. The Labute approximate surface area is 214 Å². The summed E-state index contributed by atoms with van der Waals surface area (Å²) in [7, 11) is -3.14. The van der Waals surface area contributed by atoms with Gasteiger partial charge in [-0.05, 0) is 16.7 Å². The van der Waals surface area contributed by atoms with Crippen LogP contribution in [0.25, 0.3) is 0 Å². The molecule has 7 nitrogen and oxygen atoms in total. The normalized spacial score (nSPS) is 14.8. The lowest BCUT2D eigenvalue weighted by molar-refractivity contribution is -0.249. The molecule has 2 unspecified atom stereocenters. The Morgan fingerprint density at radius 3 is 1.46 bits per heavy atom. The van der Waals surface area contributed by atoms with E-state index >= 15 is 0 Å². The minimum absolute atomic E-state index is 0.514. The summed E-state index contributed by atoms with van der Waals surface area (Å²) in [5.41, 5.74) is 0.895. The van der Waals surface area contributed by atoms with Crippen molar-refractivity contribution in [2.75, 3.05) is 14.2 Å². The maximum Gasteiger partial charge on any atom is 0.511 e. The number of halogens is 3. The smallest absolute Gasteiger partial charge is 0.390 e. The summed E-state index contributed by atoms with van der Waals surface area (Å²) in [5, 5.41) is 11.0. The number of nitrogens with two attached hydrogens (primary N) is 1. The first-order valence-electron chi connectivity index (χ1n) is 11.2. The molecule has 0 aliphatic carbocycles.